The molecule has 3 rings (SSSR count). The summed E-state index contributed by atoms with van der Waals surface area (Å²) in [6.07, 6.45) is 4.95. The highest BCUT2D eigenvalue weighted by atomic mass is 32.1. The van der Waals surface area contributed by atoms with Crippen LogP contribution in [0.1, 0.15) is 18.4 Å². The molecule has 1 saturated carbocycles. The first-order valence-electron chi connectivity index (χ1n) is 6.36. The largest absolute Gasteiger partial charge is 0.372 e. The van der Waals surface area contributed by atoms with E-state index in [1.165, 1.54) is 24.9 Å². The van der Waals surface area contributed by atoms with Gasteiger partial charge in [0.15, 0.2) is 0 Å². The van der Waals surface area contributed by atoms with Crippen molar-refractivity contribution in [1.82, 2.24) is 4.90 Å². The Morgan fingerprint density at radius 3 is 3.24 bits per heavy atom. The summed E-state index contributed by atoms with van der Waals surface area (Å²) in [6, 6.07) is 2.87. The van der Waals surface area contributed by atoms with Crippen molar-refractivity contribution in [1.29, 1.82) is 0 Å². The van der Waals surface area contributed by atoms with Crippen molar-refractivity contribution in [3.05, 3.63) is 35.0 Å². The van der Waals surface area contributed by atoms with Crippen LogP contribution in [0.25, 0.3) is 0 Å². The fraction of sp³-hybridized carbons (Fsp3) is 0.571. The van der Waals surface area contributed by atoms with Crippen molar-refractivity contribution >= 4 is 11.3 Å². The van der Waals surface area contributed by atoms with E-state index in [-0.39, 0.29) is 0 Å². The van der Waals surface area contributed by atoms with Gasteiger partial charge in [-0.15, -0.1) is 6.58 Å². The first kappa shape index (κ1) is 11.5. The maximum absolute atomic E-state index is 5.93. The molecule has 92 valence electrons. The van der Waals surface area contributed by atoms with Crippen LogP contribution < -0.4 is 0 Å². The number of piperidine rings is 1. The van der Waals surface area contributed by atoms with E-state index in [0.717, 1.165) is 12.5 Å². The molecule has 3 atom stereocenters. The summed E-state index contributed by atoms with van der Waals surface area (Å²) < 4.78 is 5.93. The van der Waals surface area contributed by atoms with Crippen molar-refractivity contribution in [3.63, 3.8) is 0 Å². The molecule has 0 amide bonds. The molecule has 0 radical (unpaired) electrons. The van der Waals surface area contributed by atoms with Gasteiger partial charge in [-0.25, -0.2) is 0 Å². The van der Waals surface area contributed by atoms with Gasteiger partial charge in [0.1, 0.15) is 0 Å². The molecule has 0 N–H and O–H groups in total. The van der Waals surface area contributed by atoms with Gasteiger partial charge in [0, 0.05) is 19.1 Å². The molecule has 2 nitrogen and oxygen atoms in total. The van der Waals surface area contributed by atoms with E-state index in [4.69, 9.17) is 4.74 Å². The number of hydrogen-bond donors (Lipinski definition) is 0. The Kier molecular flexibility index (Phi) is 3.32. The number of nitrogens with zero attached hydrogens (tertiary/aromatic N) is 1. The topological polar surface area (TPSA) is 12.5 Å². The van der Waals surface area contributed by atoms with Crippen molar-refractivity contribution < 1.29 is 4.74 Å². The van der Waals surface area contributed by atoms with Crippen LogP contribution in [0.2, 0.25) is 0 Å². The second-order valence-electron chi connectivity index (χ2n) is 5.05. The van der Waals surface area contributed by atoms with Gasteiger partial charge in [0.2, 0.25) is 0 Å². The average Bonchev–Trinajstić information content (AvgIpc) is 3.02. The molecule has 1 aliphatic carbocycles. The lowest BCUT2D eigenvalue weighted by molar-refractivity contribution is 0.0446. The average molecular weight is 249 g/mol. The van der Waals surface area contributed by atoms with E-state index in [0.29, 0.717) is 18.8 Å². The molecular formula is C14H19NOS. The zero-order chi connectivity index (χ0) is 11.7. The third-order valence-corrected chi connectivity index (χ3v) is 4.72. The highest BCUT2D eigenvalue weighted by molar-refractivity contribution is 7.07. The Balaban J connectivity index is 1.63. The summed E-state index contributed by atoms with van der Waals surface area (Å²) in [5, 5.41) is 4.42. The van der Waals surface area contributed by atoms with Crippen LogP contribution in [0.3, 0.4) is 0 Å². The maximum Gasteiger partial charge on any atom is 0.0774 e. The second kappa shape index (κ2) is 4.92. The molecular weight excluding hydrogens is 230 g/mol. The number of hydrogen-bond acceptors (Lipinski definition) is 3. The quantitative estimate of drug-likeness (QED) is 0.744. The van der Waals surface area contributed by atoms with Crippen LogP contribution in [0.4, 0.5) is 0 Å². The summed E-state index contributed by atoms with van der Waals surface area (Å²) >= 11 is 1.79. The normalized spacial score (nSPS) is 32.1. The molecule has 2 heterocycles. The molecule has 1 aliphatic heterocycles. The molecule has 2 fully saturated rings. The van der Waals surface area contributed by atoms with Crippen molar-refractivity contribution in [2.45, 2.75) is 31.5 Å². The molecule has 3 heteroatoms. The number of rotatable bonds is 5. The van der Waals surface area contributed by atoms with Crippen LogP contribution in [-0.2, 0) is 11.3 Å². The molecule has 0 aromatic carbocycles. The Hall–Kier alpha value is -0.640. The first-order valence-corrected chi connectivity index (χ1v) is 7.30. The van der Waals surface area contributed by atoms with Crippen molar-refractivity contribution in [2.24, 2.45) is 5.92 Å². The molecule has 0 spiro atoms. The lowest BCUT2D eigenvalue weighted by atomic mass is 10.1. The molecule has 17 heavy (non-hydrogen) atoms. The molecule has 2 bridgehead atoms. The van der Waals surface area contributed by atoms with Gasteiger partial charge in [0.05, 0.1) is 12.7 Å². The minimum absolute atomic E-state index is 0.451. The molecule has 3 unspecified atom stereocenters. The van der Waals surface area contributed by atoms with Gasteiger partial charge in [-0.05, 0) is 41.1 Å². The van der Waals surface area contributed by atoms with E-state index in [2.05, 4.69) is 28.3 Å². The van der Waals surface area contributed by atoms with Gasteiger partial charge in [0.25, 0.3) is 0 Å². The van der Waals surface area contributed by atoms with E-state index < -0.39 is 0 Å². The minimum Gasteiger partial charge on any atom is -0.372 e. The highest BCUT2D eigenvalue weighted by Gasteiger charge is 2.47. The molecule has 1 aromatic heterocycles. The second-order valence-corrected chi connectivity index (χ2v) is 5.83. The minimum atomic E-state index is 0.451. The standard InChI is InChI=1S/C14H19NOS/c1-2-6-16-14-12-3-4-13(14)15(9-12)8-11-5-7-17-10-11/h2,5,7,10,12-14H,1,3-4,6,8-9H2. The van der Waals surface area contributed by atoms with Gasteiger partial charge in [-0.1, -0.05) is 6.08 Å². The predicted molar refractivity (Wildman–Crippen MR) is 71.2 cm³/mol. The van der Waals surface area contributed by atoms with Crippen LogP contribution >= 0.6 is 11.3 Å². The lowest BCUT2D eigenvalue weighted by Crippen LogP contribution is -2.34. The van der Waals surface area contributed by atoms with Crippen molar-refractivity contribution in [2.75, 3.05) is 13.2 Å². The van der Waals surface area contributed by atoms with E-state index >= 15 is 0 Å². The highest BCUT2D eigenvalue weighted by Crippen LogP contribution is 2.40. The monoisotopic (exact) mass is 249 g/mol. The Morgan fingerprint density at radius 2 is 2.47 bits per heavy atom. The predicted octanol–water partition coefficient (Wildman–Crippen LogP) is 2.91. The van der Waals surface area contributed by atoms with Gasteiger partial charge < -0.3 is 4.74 Å². The fourth-order valence-electron chi connectivity index (χ4n) is 3.27. The fourth-order valence-corrected chi connectivity index (χ4v) is 3.93. The first-order chi connectivity index (χ1) is 8.38. The number of ether oxygens (including phenoxy) is 1. The van der Waals surface area contributed by atoms with Crippen LogP contribution in [0.15, 0.2) is 29.5 Å². The molecule has 1 aromatic rings. The summed E-state index contributed by atoms with van der Waals surface area (Å²) in [5.74, 6) is 0.749. The van der Waals surface area contributed by atoms with Gasteiger partial charge in [-0.3, -0.25) is 4.90 Å². The SMILES string of the molecule is C=CCOC1C2CCC1N(Cc1ccsc1)C2. The maximum atomic E-state index is 5.93. The van der Waals surface area contributed by atoms with Crippen molar-refractivity contribution in [3.8, 4) is 0 Å². The van der Waals surface area contributed by atoms with Crippen LogP contribution in [0.5, 0.6) is 0 Å². The smallest absolute Gasteiger partial charge is 0.0774 e. The summed E-state index contributed by atoms with van der Waals surface area (Å²) in [6.45, 7) is 6.74. The van der Waals surface area contributed by atoms with Gasteiger partial charge in [-0.2, -0.15) is 11.3 Å². The number of fused-ring (bicyclic) bond motifs is 2. The Morgan fingerprint density at radius 1 is 1.53 bits per heavy atom. The van der Waals surface area contributed by atoms with Crippen LogP contribution in [0, 0.1) is 5.92 Å². The molecule has 1 saturated heterocycles. The van der Waals surface area contributed by atoms with E-state index in [1.54, 1.807) is 11.3 Å². The number of thiophene rings is 1. The summed E-state index contributed by atoms with van der Waals surface area (Å²) in [4.78, 5) is 2.60. The number of likely N-dealkylation sites (tertiary alicyclic amines) is 1. The third kappa shape index (κ3) is 2.19. The Bertz CT molecular complexity index is 376. The van der Waals surface area contributed by atoms with Gasteiger partial charge >= 0.3 is 0 Å². The van der Waals surface area contributed by atoms with E-state index in [9.17, 15) is 0 Å². The third-order valence-electron chi connectivity index (χ3n) is 3.99. The van der Waals surface area contributed by atoms with E-state index in [1.807, 2.05) is 6.08 Å². The molecule has 2 aliphatic rings. The van der Waals surface area contributed by atoms with Crippen LogP contribution in [-0.4, -0.2) is 30.2 Å². The Labute approximate surface area is 107 Å². The zero-order valence-corrected chi connectivity index (χ0v) is 10.9. The summed E-state index contributed by atoms with van der Waals surface area (Å²) in [5.41, 5.74) is 1.45. The summed E-state index contributed by atoms with van der Waals surface area (Å²) in [7, 11) is 0. The lowest BCUT2D eigenvalue weighted by Gasteiger charge is -2.26. The zero-order valence-electron chi connectivity index (χ0n) is 10.0.